The van der Waals surface area contributed by atoms with E-state index in [0.717, 1.165) is 37.4 Å². The van der Waals surface area contributed by atoms with Crippen LogP contribution in [-0.4, -0.2) is 33.0 Å². The zero-order valence-electron chi connectivity index (χ0n) is 12.3. The van der Waals surface area contributed by atoms with E-state index < -0.39 is 16.5 Å². The third-order valence-electron chi connectivity index (χ3n) is 2.81. The highest BCUT2D eigenvalue weighted by atomic mass is 32.2. The van der Waals surface area contributed by atoms with Crippen molar-refractivity contribution in [3.63, 3.8) is 0 Å². The number of nitrogens with one attached hydrogen (secondary N) is 2. The van der Waals surface area contributed by atoms with Crippen LogP contribution in [0.5, 0.6) is 0 Å². The first-order chi connectivity index (χ1) is 10.1. The molecule has 0 saturated heterocycles. The molecule has 0 aliphatic rings. The number of H-pyrrole nitrogens is 2. The highest BCUT2D eigenvalue weighted by Crippen LogP contribution is 2.21. The molecule has 1 rings (SSSR count). The fourth-order valence-electron chi connectivity index (χ4n) is 1.64. The summed E-state index contributed by atoms with van der Waals surface area (Å²) < 4.78 is 5.21. The van der Waals surface area contributed by atoms with E-state index >= 15 is 0 Å². The molecular formula is C13H21N3O4S. The van der Waals surface area contributed by atoms with E-state index in [-0.39, 0.29) is 11.0 Å². The second-order valence-electron chi connectivity index (χ2n) is 4.55. The lowest BCUT2D eigenvalue weighted by Gasteiger charge is -2.12. The van der Waals surface area contributed by atoms with Crippen LogP contribution in [0.4, 0.5) is 0 Å². The molecule has 0 spiro atoms. The Bertz CT molecular complexity index is 555. The van der Waals surface area contributed by atoms with Gasteiger partial charge in [-0.05, 0) is 12.8 Å². The number of unbranched alkanes of at least 4 members (excludes halogenated alkanes) is 3. The average molecular weight is 315 g/mol. The number of hydrogen-bond acceptors (Lipinski definition) is 6. The predicted octanol–water partition coefficient (Wildman–Crippen LogP) is 1.45. The molecular weight excluding hydrogens is 294 g/mol. The van der Waals surface area contributed by atoms with E-state index in [0.29, 0.717) is 13.0 Å². The van der Waals surface area contributed by atoms with Crippen LogP contribution in [0.1, 0.15) is 46.0 Å². The lowest BCUT2D eigenvalue weighted by molar-refractivity contribution is -0.143. The van der Waals surface area contributed by atoms with Crippen LogP contribution in [0.25, 0.3) is 0 Å². The van der Waals surface area contributed by atoms with Crippen LogP contribution in [0.15, 0.2) is 14.6 Å². The van der Waals surface area contributed by atoms with Gasteiger partial charge >= 0.3 is 11.7 Å². The Hall–Kier alpha value is -1.57. The van der Waals surface area contributed by atoms with Crippen molar-refractivity contribution in [1.29, 1.82) is 0 Å². The van der Waals surface area contributed by atoms with E-state index in [1.807, 2.05) is 6.92 Å². The first-order valence-electron chi connectivity index (χ1n) is 7.10. The highest BCUT2D eigenvalue weighted by molar-refractivity contribution is 8.00. The highest BCUT2D eigenvalue weighted by Gasteiger charge is 2.21. The van der Waals surface area contributed by atoms with Crippen molar-refractivity contribution < 1.29 is 9.53 Å². The molecule has 1 aromatic rings. The third kappa shape index (κ3) is 6.16. The first-order valence-corrected chi connectivity index (χ1v) is 7.98. The van der Waals surface area contributed by atoms with Gasteiger partial charge in [0, 0.05) is 0 Å². The summed E-state index contributed by atoms with van der Waals surface area (Å²) in [4.78, 5) is 36.4. The number of hydrogen-bond donors (Lipinski definition) is 2. The number of nitrogens with zero attached hydrogens (tertiary/aromatic N) is 1. The summed E-state index contributed by atoms with van der Waals surface area (Å²) in [5, 5.41) is 5.34. The zero-order chi connectivity index (χ0) is 15.7. The van der Waals surface area contributed by atoms with Crippen molar-refractivity contribution in [3.8, 4) is 0 Å². The topological polar surface area (TPSA) is 105 Å². The van der Waals surface area contributed by atoms with E-state index in [1.165, 1.54) is 0 Å². The minimum Gasteiger partial charge on any atom is -0.465 e. The lowest BCUT2D eigenvalue weighted by atomic mass is 10.2. The summed E-state index contributed by atoms with van der Waals surface area (Å²) in [5.74, 6) is -0.355. The molecule has 0 unspecified atom stereocenters. The smallest absolute Gasteiger partial charge is 0.342 e. The summed E-state index contributed by atoms with van der Waals surface area (Å²) in [6.45, 7) is 4.34. The van der Waals surface area contributed by atoms with E-state index in [2.05, 4.69) is 22.1 Å². The van der Waals surface area contributed by atoms with Crippen molar-refractivity contribution in [2.75, 3.05) is 6.61 Å². The van der Waals surface area contributed by atoms with E-state index in [1.54, 1.807) is 0 Å². The zero-order valence-corrected chi connectivity index (χ0v) is 13.1. The predicted molar refractivity (Wildman–Crippen MR) is 80.5 cm³/mol. The number of aromatic nitrogens is 3. The Morgan fingerprint density at radius 2 is 2.05 bits per heavy atom. The molecule has 0 radical (unpaired) electrons. The fraction of sp³-hybridized carbons (Fsp3) is 0.692. The summed E-state index contributed by atoms with van der Waals surface area (Å²) in [6.07, 6.45) is 4.65. The molecule has 8 heteroatoms. The summed E-state index contributed by atoms with van der Waals surface area (Å²) in [5.41, 5.74) is -1.27. The van der Waals surface area contributed by atoms with Gasteiger partial charge in [0.2, 0.25) is 0 Å². The Kier molecular flexibility index (Phi) is 7.81. The van der Waals surface area contributed by atoms with Gasteiger partial charge in [-0.1, -0.05) is 44.9 Å². The van der Waals surface area contributed by atoms with Crippen LogP contribution in [0.3, 0.4) is 0 Å². The summed E-state index contributed by atoms with van der Waals surface area (Å²) >= 11 is 1.00. The molecule has 0 aliphatic carbocycles. The second-order valence-corrected chi connectivity index (χ2v) is 5.75. The maximum absolute atomic E-state index is 11.9. The van der Waals surface area contributed by atoms with Gasteiger partial charge in [-0.15, -0.1) is 0 Å². The quantitative estimate of drug-likeness (QED) is 0.406. The average Bonchev–Trinajstić information content (AvgIpc) is 2.46. The molecule has 21 heavy (non-hydrogen) atoms. The molecule has 0 aliphatic heterocycles. The summed E-state index contributed by atoms with van der Waals surface area (Å²) in [6, 6.07) is 0. The van der Waals surface area contributed by atoms with Crippen LogP contribution < -0.4 is 11.2 Å². The van der Waals surface area contributed by atoms with Crippen molar-refractivity contribution in [2.24, 2.45) is 0 Å². The molecule has 1 heterocycles. The van der Waals surface area contributed by atoms with E-state index in [9.17, 15) is 14.4 Å². The third-order valence-corrected chi connectivity index (χ3v) is 4.12. The number of esters is 1. The number of carbonyl (C=O) groups is 1. The molecule has 0 fully saturated rings. The van der Waals surface area contributed by atoms with Gasteiger partial charge in [-0.3, -0.25) is 14.6 Å². The van der Waals surface area contributed by atoms with Gasteiger partial charge in [-0.2, -0.15) is 5.10 Å². The number of carbonyl (C=O) groups excluding carboxylic acids is 1. The Labute approximate surface area is 126 Å². The maximum Gasteiger partial charge on any atom is 0.342 e. The molecule has 0 aromatic carbocycles. The van der Waals surface area contributed by atoms with Gasteiger partial charge in [0.15, 0.2) is 5.03 Å². The van der Waals surface area contributed by atoms with Crippen molar-refractivity contribution in [1.82, 2.24) is 15.2 Å². The summed E-state index contributed by atoms with van der Waals surface area (Å²) in [7, 11) is 0. The minimum absolute atomic E-state index is 0.0596. The van der Waals surface area contributed by atoms with Crippen LogP contribution in [0.2, 0.25) is 0 Å². The molecule has 7 nitrogen and oxygen atoms in total. The molecule has 0 bridgehead atoms. The van der Waals surface area contributed by atoms with Crippen molar-refractivity contribution in [2.45, 2.75) is 56.2 Å². The van der Waals surface area contributed by atoms with Gasteiger partial charge < -0.3 is 4.74 Å². The Balaban J connectivity index is 2.51. The first kappa shape index (κ1) is 17.5. The van der Waals surface area contributed by atoms with Crippen molar-refractivity contribution >= 4 is 17.7 Å². The van der Waals surface area contributed by atoms with Gasteiger partial charge in [0.1, 0.15) is 5.25 Å². The second kappa shape index (κ2) is 9.38. The molecule has 1 atom stereocenters. The van der Waals surface area contributed by atoms with Gasteiger partial charge in [-0.25, -0.2) is 9.89 Å². The fourth-order valence-corrected chi connectivity index (χ4v) is 2.50. The van der Waals surface area contributed by atoms with Crippen LogP contribution in [-0.2, 0) is 9.53 Å². The van der Waals surface area contributed by atoms with Crippen LogP contribution in [0, 0.1) is 0 Å². The van der Waals surface area contributed by atoms with Crippen molar-refractivity contribution in [3.05, 3.63) is 20.8 Å². The standard InChI is InChI=1S/C13H21N3O4S/c1-3-5-6-7-8-20-12(18)9(4-2)21-11-10(17)14-13(19)16-15-11/h9H,3-8H2,1-2H3,(H2,14,16,17,19)/t9-/m1/s1. The molecule has 2 N–H and O–H groups in total. The number of rotatable bonds is 9. The lowest BCUT2D eigenvalue weighted by Crippen LogP contribution is -2.27. The maximum atomic E-state index is 11.9. The normalized spacial score (nSPS) is 12.1. The number of aromatic amines is 2. The number of thioether (sulfide) groups is 1. The molecule has 1 aromatic heterocycles. The van der Waals surface area contributed by atoms with Gasteiger partial charge in [0.05, 0.1) is 6.61 Å². The SMILES string of the molecule is CCCCCCOC(=O)[C@@H](CC)Sc1n[nH]c(=O)[nH]c1=O. The minimum atomic E-state index is -0.670. The van der Waals surface area contributed by atoms with Gasteiger partial charge in [0.25, 0.3) is 5.56 Å². The molecule has 0 amide bonds. The Morgan fingerprint density at radius 3 is 2.67 bits per heavy atom. The molecule has 0 saturated carbocycles. The van der Waals surface area contributed by atoms with Crippen LogP contribution >= 0.6 is 11.8 Å². The Morgan fingerprint density at radius 1 is 1.29 bits per heavy atom. The molecule has 118 valence electrons. The monoisotopic (exact) mass is 315 g/mol. The largest absolute Gasteiger partial charge is 0.465 e. The number of ether oxygens (including phenoxy) is 1. The van der Waals surface area contributed by atoms with E-state index in [4.69, 9.17) is 4.74 Å².